The van der Waals surface area contributed by atoms with Gasteiger partial charge < -0.3 is 4.98 Å². The van der Waals surface area contributed by atoms with E-state index in [-0.39, 0.29) is 0 Å². The lowest BCUT2D eigenvalue weighted by Crippen LogP contribution is -1.93. The first-order valence-electron chi connectivity index (χ1n) is 5.96. The van der Waals surface area contributed by atoms with E-state index < -0.39 is 0 Å². The minimum absolute atomic E-state index is 0.659. The van der Waals surface area contributed by atoms with Crippen molar-refractivity contribution in [3.05, 3.63) is 29.6 Å². The fourth-order valence-electron chi connectivity index (χ4n) is 2.57. The molecular formula is C13H16N2S. The van der Waals surface area contributed by atoms with Crippen molar-refractivity contribution in [2.24, 2.45) is 0 Å². The molecule has 0 saturated heterocycles. The second-order valence-electron chi connectivity index (χ2n) is 4.61. The SMILES string of the molecule is SCc1ccc2nc(C3CCCC3)[nH]c2c1. The van der Waals surface area contributed by atoms with Gasteiger partial charge >= 0.3 is 0 Å². The van der Waals surface area contributed by atoms with Gasteiger partial charge in [-0.25, -0.2) is 4.98 Å². The van der Waals surface area contributed by atoms with Gasteiger partial charge in [-0.15, -0.1) is 0 Å². The monoisotopic (exact) mass is 232 g/mol. The number of nitrogens with one attached hydrogen (secondary N) is 1. The summed E-state index contributed by atoms with van der Waals surface area (Å²) >= 11 is 4.30. The number of benzene rings is 1. The van der Waals surface area contributed by atoms with Crippen molar-refractivity contribution < 1.29 is 0 Å². The molecule has 1 heterocycles. The van der Waals surface area contributed by atoms with E-state index in [2.05, 4.69) is 40.8 Å². The van der Waals surface area contributed by atoms with E-state index in [1.165, 1.54) is 37.1 Å². The van der Waals surface area contributed by atoms with E-state index in [9.17, 15) is 0 Å². The number of H-pyrrole nitrogens is 1. The zero-order valence-electron chi connectivity index (χ0n) is 9.24. The molecule has 0 atom stereocenters. The van der Waals surface area contributed by atoms with Crippen molar-refractivity contribution in [3.63, 3.8) is 0 Å². The van der Waals surface area contributed by atoms with Gasteiger partial charge in [0.2, 0.25) is 0 Å². The van der Waals surface area contributed by atoms with Crippen LogP contribution in [0.1, 0.15) is 43.0 Å². The van der Waals surface area contributed by atoms with E-state index in [0.29, 0.717) is 5.92 Å². The molecular weight excluding hydrogens is 216 g/mol. The first-order chi connectivity index (χ1) is 7.86. The molecule has 1 N–H and O–H groups in total. The van der Waals surface area contributed by atoms with Gasteiger partial charge in [0.25, 0.3) is 0 Å². The third kappa shape index (κ3) is 1.73. The van der Waals surface area contributed by atoms with Gasteiger partial charge in [-0.05, 0) is 30.5 Å². The largest absolute Gasteiger partial charge is 0.342 e. The fraction of sp³-hybridized carbons (Fsp3) is 0.462. The maximum atomic E-state index is 4.69. The Kier molecular flexibility index (Phi) is 2.64. The summed E-state index contributed by atoms with van der Waals surface area (Å²) in [5.74, 6) is 2.63. The molecule has 1 aromatic carbocycles. The van der Waals surface area contributed by atoms with Crippen LogP contribution in [-0.4, -0.2) is 9.97 Å². The fourth-order valence-corrected chi connectivity index (χ4v) is 2.76. The van der Waals surface area contributed by atoms with Crippen LogP contribution in [0.4, 0.5) is 0 Å². The third-order valence-electron chi connectivity index (χ3n) is 3.49. The Morgan fingerprint density at radius 3 is 2.88 bits per heavy atom. The zero-order valence-corrected chi connectivity index (χ0v) is 10.1. The summed E-state index contributed by atoms with van der Waals surface area (Å²) in [5.41, 5.74) is 3.50. The Labute approximate surface area is 101 Å². The van der Waals surface area contributed by atoms with Gasteiger partial charge in [0.15, 0.2) is 0 Å². The molecule has 3 heteroatoms. The molecule has 2 nitrogen and oxygen atoms in total. The number of hydrogen-bond acceptors (Lipinski definition) is 2. The van der Waals surface area contributed by atoms with Crippen molar-refractivity contribution in [3.8, 4) is 0 Å². The lowest BCUT2D eigenvalue weighted by Gasteiger charge is -2.02. The Morgan fingerprint density at radius 1 is 1.31 bits per heavy atom. The Hall–Kier alpha value is -0.960. The van der Waals surface area contributed by atoms with Crippen LogP contribution in [0.3, 0.4) is 0 Å². The van der Waals surface area contributed by atoms with Crippen molar-refractivity contribution in [2.45, 2.75) is 37.4 Å². The number of aromatic nitrogens is 2. The van der Waals surface area contributed by atoms with Crippen LogP contribution in [0.5, 0.6) is 0 Å². The topological polar surface area (TPSA) is 28.7 Å². The molecule has 3 rings (SSSR count). The van der Waals surface area contributed by atoms with E-state index in [4.69, 9.17) is 0 Å². The second-order valence-corrected chi connectivity index (χ2v) is 4.93. The quantitative estimate of drug-likeness (QED) is 0.760. The van der Waals surface area contributed by atoms with Crippen LogP contribution < -0.4 is 0 Å². The summed E-state index contributed by atoms with van der Waals surface area (Å²) in [6.07, 6.45) is 5.28. The Bertz CT molecular complexity index is 498. The lowest BCUT2D eigenvalue weighted by molar-refractivity contribution is 0.681. The van der Waals surface area contributed by atoms with Gasteiger partial charge in [-0.1, -0.05) is 18.9 Å². The van der Waals surface area contributed by atoms with Crippen molar-refractivity contribution >= 4 is 23.7 Å². The molecule has 84 valence electrons. The van der Waals surface area contributed by atoms with E-state index >= 15 is 0 Å². The van der Waals surface area contributed by atoms with E-state index in [1.807, 2.05) is 0 Å². The highest BCUT2D eigenvalue weighted by molar-refractivity contribution is 7.79. The van der Waals surface area contributed by atoms with Gasteiger partial charge in [-0.3, -0.25) is 0 Å². The number of nitrogens with zero attached hydrogens (tertiary/aromatic N) is 1. The van der Waals surface area contributed by atoms with E-state index in [1.54, 1.807) is 0 Å². The molecule has 1 aliphatic rings. The summed E-state index contributed by atoms with van der Waals surface area (Å²) in [7, 11) is 0. The number of thiol groups is 1. The van der Waals surface area contributed by atoms with Crippen LogP contribution in [-0.2, 0) is 5.75 Å². The molecule has 16 heavy (non-hydrogen) atoms. The highest BCUT2D eigenvalue weighted by Crippen LogP contribution is 2.33. The lowest BCUT2D eigenvalue weighted by atomic mass is 10.1. The summed E-state index contributed by atoms with van der Waals surface area (Å²) < 4.78 is 0. The third-order valence-corrected chi connectivity index (χ3v) is 3.85. The molecule has 0 amide bonds. The Balaban J connectivity index is 2.01. The highest BCUT2D eigenvalue weighted by atomic mass is 32.1. The molecule has 0 radical (unpaired) electrons. The summed E-state index contributed by atoms with van der Waals surface area (Å²) in [4.78, 5) is 8.16. The second kappa shape index (κ2) is 4.13. The number of aromatic amines is 1. The Morgan fingerprint density at radius 2 is 2.12 bits per heavy atom. The maximum Gasteiger partial charge on any atom is 0.110 e. The number of rotatable bonds is 2. The molecule has 1 fully saturated rings. The van der Waals surface area contributed by atoms with Gasteiger partial charge in [0.1, 0.15) is 5.82 Å². The zero-order chi connectivity index (χ0) is 11.0. The van der Waals surface area contributed by atoms with Crippen LogP contribution in [0, 0.1) is 0 Å². The number of fused-ring (bicyclic) bond motifs is 1. The van der Waals surface area contributed by atoms with Crippen LogP contribution >= 0.6 is 12.6 Å². The minimum atomic E-state index is 0.659. The minimum Gasteiger partial charge on any atom is -0.342 e. The first-order valence-corrected chi connectivity index (χ1v) is 6.59. The average Bonchev–Trinajstić information content (AvgIpc) is 2.96. The summed E-state index contributed by atoms with van der Waals surface area (Å²) in [5, 5.41) is 0. The predicted octanol–water partition coefficient (Wildman–Crippen LogP) is 3.65. The molecule has 0 aliphatic heterocycles. The van der Waals surface area contributed by atoms with Crippen molar-refractivity contribution in [1.82, 2.24) is 9.97 Å². The molecule has 1 aromatic heterocycles. The highest BCUT2D eigenvalue weighted by Gasteiger charge is 2.20. The van der Waals surface area contributed by atoms with E-state index in [0.717, 1.165) is 16.8 Å². The predicted molar refractivity (Wildman–Crippen MR) is 70.0 cm³/mol. The van der Waals surface area contributed by atoms with Gasteiger partial charge in [0.05, 0.1) is 11.0 Å². The van der Waals surface area contributed by atoms with Crippen LogP contribution in [0.15, 0.2) is 18.2 Å². The van der Waals surface area contributed by atoms with Crippen LogP contribution in [0.2, 0.25) is 0 Å². The molecule has 1 aliphatic carbocycles. The average molecular weight is 232 g/mol. The van der Waals surface area contributed by atoms with Gasteiger partial charge in [-0.2, -0.15) is 12.6 Å². The van der Waals surface area contributed by atoms with Crippen LogP contribution in [0.25, 0.3) is 11.0 Å². The molecule has 0 bridgehead atoms. The molecule has 0 spiro atoms. The smallest absolute Gasteiger partial charge is 0.110 e. The standard InChI is InChI=1S/C13H16N2S/c16-8-9-5-6-11-12(7-9)15-13(14-11)10-3-1-2-4-10/h5-7,10,16H,1-4,8H2,(H,14,15). The normalized spacial score (nSPS) is 17.3. The molecule has 2 aromatic rings. The number of imidazole rings is 1. The van der Waals surface area contributed by atoms with Crippen molar-refractivity contribution in [2.75, 3.05) is 0 Å². The first kappa shape index (κ1) is 10.2. The number of hydrogen-bond donors (Lipinski definition) is 2. The summed E-state index contributed by atoms with van der Waals surface area (Å²) in [6, 6.07) is 6.36. The van der Waals surface area contributed by atoms with Gasteiger partial charge in [0, 0.05) is 11.7 Å². The summed E-state index contributed by atoms with van der Waals surface area (Å²) in [6.45, 7) is 0. The molecule has 1 saturated carbocycles. The van der Waals surface area contributed by atoms with Crippen molar-refractivity contribution in [1.29, 1.82) is 0 Å². The molecule has 0 unspecified atom stereocenters. The maximum absolute atomic E-state index is 4.69.